The Morgan fingerprint density at radius 3 is 2.88 bits per heavy atom. The van der Waals surface area contributed by atoms with Gasteiger partial charge in [0.25, 0.3) is 5.91 Å². The minimum Gasteiger partial charge on any atom is -0.476 e. The summed E-state index contributed by atoms with van der Waals surface area (Å²) >= 11 is 0. The lowest BCUT2D eigenvalue weighted by atomic mass is 10.3. The normalized spacial score (nSPS) is 11.5. The molecule has 0 atom stereocenters. The number of anilines is 1. The van der Waals surface area contributed by atoms with Crippen LogP contribution in [0.1, 0.15) is 0 Å². The summed E-state index contributed by atoms with van der Waals surface area (Å²) in [5, 5.41) is 15.3. The SMILES string of the molecule is O=C(COc1cccnc1[N+](=O)[O-])NC(=O)Nc1ccc2c(c1)OCO2. The molecule has 3 amide bonds. The van der Waals surface area contributed by atoms with Gasteiger partial charge in [-0.15, -0.1) is 0 Å². The van der Waals surface area contributed by atoms with Crippen LogP contribution >= 0.6 is 0 Å². The molecule has 1 aromatic heterocycles. The van der Waals surface area contributed by atoms with E-state index in [4.69, 9.17) is 14.2 Å². The van der Waals surface area contributed by atoms with Crippen LogP contribution in [0.2, 0.25) is 0 Å². The second-order valence-electron chi connectivity index (χ2n) is 4.94. The Hall–Kier alpha value is -3.89. The fourth-order valence-electron chi connectivity index (χ4n) is 2.07. The molecule has 0 unspecified atom stereocenters. The topological polar surface area (TPSA) is 142 Å². The summed E-state index contributed by atoms with van der Waals surface area (Å²) in [6.07, 6.45) is 1.23. The molecule has 1 aliphatic rings. The van der Waals surface area contributed by atoms with Crippen molar-refractivity contribution in [1.82, 2.24) is 10.3 Å². The molecule has 1 aromatic carbocycles. The van der Waals surface area contributed by atoms with Crippen LogP contribution < -0.4 is 24.8 Å². The molecule has 1 aliphatic heterocycles. The number of rotatable bonds is 5. The van der Waals surface area contributed by atoms with Crippen molar-refractivity contribution >= 4 is 23.4 Å². The van der Waals surface area contributed by atoms with Gasteiger partial charge >= 0.3 is 11.8 Å². The Bertz CT molecular complexity index is 871. The van der Waals surface area contributed by atoms with Gasteiger partial charge in [-0.3, -0.25) is 10.1 Å². The number of fused-ring (bicyclic) bond motifs is 1. The van der Waals surface area contributed by atoms with E-state index < -0.39 is 29.3 Å². The summed E-state index contributed by atoms with van der Waals surface area (Å²) in [5.74, 6) is -0.463. The quantitative estimate of drug-likeness (QED) is 0.602. The van der Waals surface area contributed by atoms with E-state index in [2.05, 4.69) is 10.3 Å². The van der Waals surface area contributed by atoms with Crippen molar-refractivity contribution < 1.29 is 28.7 Å². The molecule has 11 heteroatoms. The highest BCUT2D eigenvalue weighted by Gasteiger charge is 2.18. The Kier molecular flexibility index (Phi) is 4.78. The number of carbonyl (C=O) groups is 2. The van der Waals surface area contributed by atoms with Crippen LogP contribution in [0.25, 0.3) is 0 Å². The molecule has 0 spiro atoms. The number of urea groups is 1. The first kappa shape index (κ1) is 17.0. The van der Waals surface area contributed by atoms with Crippen LogP contribution in [0.5, 0.6) is 17.2 Å². The van der Waals surface area contributed by atoms with Crippen LogP contribution in [-0.4, -0.2) is 35.2 Å². The fraction of sp³-hybridized carbons (Fsp3) is 0.133. The molecule has 2 N–H and O–H groups in total. The average molecular weight is 360 g/mol. The zero-order valence-electron chi connectivity index (χ0n) is 13.1. The fourth-order valence-corrected chi connectivity index (χ4v) is 2.07. The van der Waals surface area contributed by atoms with Crippen LogP contribution in [0.15, 0.2) is 36.5 Å². The van der Waals surface area contributed by atoms with E-state index in [1.807, 2.05) is 5.32 Å². The minimum atomic E-state index is -0.793. The molecule has 0 radical (unpaired) electrons. The molecule has 26 heavy (non-hydrogen) atoms. The lowest BCUT2D eigenvalue weighted by Crippen LogP contribution is -2.37. The van der Waals surface area contributed by atoms with Crippen LogP contribution in [-0.2, 0) is 4.79 Å². The van der Waals surface area contributed by atoms with Crippen LogP contribution in [0, 0.1) is 10.1 Å². The van der Waals surface area contributed by atoms with Crippen molar-refractivity contribution in [3.8, 4) is 17.2 Å². The van der Waals surface area contributed by atoms with Crippen molar-refractivity contribution in [1.29, 1.82) is 0 Å². The van der Waals surface area contributed by atoms with Gasteiger partial charge in [0.05, 0.1) is 0 Å². The van der Waals surface area contributed by atoms with E-state index in [0.717, 1.165) is 0 Å². The van der Waals surface area contributed by atoms with Gasteiger partial charge in [-0.2, -0.15) is 0 Å². The van der Waals surface area contributed by atoms with Crippen molar-refractivity contribution in [3.05, 3.63) is 46.6 Å². The van der Waals surface area contributed by atoms with E-state index >= 15 is 0 Å². The Morgan fingerprint density at radius 1 is 1.27 bits per heavy atom. The molecular weight excluding hydrogens is 348 g/mol. The predicted octanol–water partition coefficient (Wildman–Crippen LogP) is 1.45. The van der Waals surface area contributed by atoms with Gasteiger partial charge in [-0.25, -0.2) is 4.79 Å². The standard InChI is InChI=1S/C15H12N4O7/c20-13(7-24-11-2-1-5-16-14(11)19(22)23)18-15(21)17-9-3-4-10-12(6-9)26-8-25-10/h1-6H,7-8H2,(H2,17,18,20,21). The molecule has 0 saturated carbocycles. The number of amides is 3. The van der Waals surface area contributed by atoms with Crippen molar-refractivity contribution in [2.45, 2.75) is 0 Å². The van der Waals surface area contributed by atoms with Crippen LogP contribution in [0.4, 0.5) is 16.3 Å². The Labute approximate surface area is 146 Å². The largest absolute Gasteiger partial charge is 0.476 e. The number of ether oxygens (including phenoxy) is 3. The molecule has 2 heterocycles. The van der Waals surface area contributed by atoms with Crippen molar-refractivity contribution in [3.63, 3.8) is 0 Å². The van der Waals surface area contributed by atoms with Gasteiger partial charge in [0.15, 0.2) is 18.1 Å². The van der Waals surface area contributed by atoms with Gasteiger partial charge in [-0.1, -0.05) is 0 Å². The molecule has 134 valence electrons. The lowest BCUT2D eigenvalue weighted by Gasteiger charge is -2.08. The Morgan fingerprint density at radius 2 is 2.08 bits per heavy atom. The number of nitrogens with one attached hydrogen (secondary N) is 2. The molecule has 0 aliphatic carbocycles. The number of aromatic nitrogens is 1. The number of benzene rings is 1. The third-order valence-electron chi connectivity index (χ3n) is 3.17. The number of hydrogen-bond acceptors (Lipinski definition) is 8. The maximum atomic E-state index is 11.8. The van der Waals surface area contributed by atoms with E-state index in [1.54, 1.807) is 18.2 Å². The number of nitrogens with zero attached hydrogens (tertiary/aromatic N) is 2. The summed E-state index contributed by atoms with van der Waals surface area (Å²) in [6.45, 7) is -0.498. The van der Waals surface area contributed by atoms with E-state index in [0.29, 0.717) is 17.2 Å². The summed E-state index contributed by atoms with van der Waals surface area (Å²) in [6, 6.07) is 6.66. The van der Waals surface area contributed by atoms with Gasteiger partial charge in [0, 0.05) is 11.8 Å². The summed E-state index contributed by atoms with van der Waals surface area (Å²) in [4.78, 5) is 37.2. The van der Waals surface area contributed by atoms with Crippen molar-refractivity contribution in [2.24, 2.45) is 0 Å². The molecule has 2 aromatic rings. The summed E-state index contributed by atoms with van der Waals surface area (Å²) < 4.78 is 15.4. The number of pyridine rings is 1. The maximum absolute atomic E-state index is 11.8. The lowest BCUT2D eigenvalue weighted by molar-refractivity contribution is -0.390. The minimum absolute atomic E-state index is 0.0985. The van der Waals surface area contributed by atoms with Crippen molar-refractivity contribution in [2.75, 3.05) is 18.7 Å². The zero-order valence-corrected chi connectivity index (χ0v) is 13.1. The van der Waals surface area contributed by atoms with E-state index in [1.165, 1.54) is 18.3 Å². The predicted molar refractivity (Wildman–Crippen MR) is 86.1 cm³/mol. The number of carbonyl (C=O) groups excluding carboxylic acids is 2. The van der Waals surface area contributed by atoms with Gasteiger partial charge in [0.2, 0.25) is 12.5 Å². The molecular formula is C15H12N4O7. The molecule has 0 fully saturated rings. The molecule has 11 nitrogen and oxygen atoms in total. The molecule has 0 saturated heterocycles. The smallest absolute Gasteiger partial charge is 0.406 e. The number of imide groups is 1. The monoisotopic (exact) mass is 360 g/mol. The third-order valence-corrected chi connectivity index (χ3v) is 3.17. The highest BCUT2D eigenvalue weighted by atomic mass is 16.7. The summed E-state index contributed by atoms with van der Waals surface area (Å²) in [5.41, 5.74) is 0.392. The summed E-state index contributed by atoms with van der Waals surface area (Å²) in [7, 11) is 0. The van der Waals surface area contributed by atoms with Gasteiger partial charge in [-0.05, 0) is 34.2 Å². The van der Waals surface area contributed by atoms with E-state index in [9.17, 15) is 19.7 Å². The molecule has 0 bridgehead atoms. The second-order valence-corrected chi connectivity index (χ2v) is 4.94. The second kappa shape index (κ2) is 7.34. The van der Waals surface area contributed by atoms with E-state index in [-0.39, 0.29) is 12.5 Å². The highest BCUT2D eigenvalue weighted by molar-refractivity contribution is 6.01. The first-order chi connectivity index (χ1) is 12.5. The zero-order chi connectivity index (χ0) is 18.5. The number of hydrogen-bond donors (Lipinski definition) is 2. The third kappa shape index (κ3) is 3.95. The highest BCUT2D eigenvalue weighted by Crippen LogP contribution is 2.34. The van der Waals surface area contributed by atoms with Gasteiger partial charge in [0.1, 0.15) is 6.20 Å². The molecule has 3 rings (SSSR count). The first-order valence-electron chi connectivity index (χ1n) is 7.25. The average Bonchev–Trinajstić information content (AvgIpc) is 3.07. The first-order valence-corrected chi connectivity index (χ1v) is 7.25. The van der Waals surface area contributed by atoms with Gasteiger partial charge < -0.3 is 29.6 Å². The number of nitro groups is 1. The van der Waals surface area contributed by atoms with Crippen LogP contribution in [0.3, 0.4) is 0 Å². The Balaban J connectivity index is 1.52. The maximum Gasteiger partial charge on any atom is 0.406 e.